The van der Waals surface area contributed by atoms with Gasteiger partial charge in [-0.15, -0.1) is 0 Å². The van der Waals surface area contributed by atoms with Crippen molar-refractivity contribution in [3.8, 4) is 0 Å². The first-order valence-corrected chi connectivity index (χ1v) is 10.3. The highest BCUT2D eigenvalue weighted by Crippen LogP contribution is 2.16. The third-order valence-corrected chi connectivity index (χ3v) is 5.82. The van der Waals surface area contributed by atoms with Crippen LogP contribution in [0.25, 0.3) is 0 Å². The van der Waals surface area contributed by atoms with Gasteiger partial charge in [0.25, 0.3) is 0 Å². The number of hydrogen-bond donors (Lipinski definition) is 1. The number of likely N-dealkylation sites (N-methyl/N-ethyl adjacent to an activating group) is 1. The summed E-state index contributed by atoms with van der Waals surface area (Å²) in [5.41, 5.74) is 0.886. The van der Waals surface area contributed by atoms with Gasteiger partial charge in [-0.2, -0.15) is 4.72 Å². The summed E-state index contributed by atoms with van der Waals surface area (Å²) >= 11 is 5.83. The van der Waals surface area contributed by atoms with E-state index in [4.69, 9.17) is 11.6 Å². The van der Waals surface area contributed by atoms with Crippen molar-refractivity contribution < 1.29 is 13.2 Å². The number of nitrogens with one attached hydrogen (secondary N) is 1. The third kappa shape index (κ3) is 5.30. The van der Waals surface area contributed by atoms with Gasteiger partial charge in [-0.3, -0.25) is 4.79 Å². The van der Waals surface area contributed by atoms with Crippen molar-refractivity contribution in [2.75, 3.05) is 13.1 Å². The highest BCUT2D eigenvalue weighted by molar-refractivity contribution is 7.89. The van der Waals surface area contributed by atoms with Gasteiger partial charge in [-0.25, -0.2) is 8.42 Å². The van der Waals surface area contributed by atoms with E-state index in [0.717, 1.165) is 5.56 Å². The molecule has 2 aromatic carbocycles. The van der Waals surface area contributed by atoms with E-state index in [1.807, 2.05) is 44.2 Å². The number of amides is 1. The van der Waals surface area contributed by atoms with Crippen molar-refractivity contribution in [1.82, 2.24) is 9.62 Å². The number of benzene rings is 2. The van der Waals surface area contributed by atoms with Crippen molar-refractivity contribution >= 4 is 27.5 Å². The lowest BCUT2D eigenvalue weighted by Gasteiger charge is -2.26. The molecule has 0 bridgehead atoms. The number of rotatable bonds is 8. The number of carbonyl (C=O) groups is 1. The first-order valence-electron chi connectivity index (χ1n) is 8.48. The first kappa shape index (κ1) is 20.4. The van der Waals surface area contributed by atoms with Crippen molar-refractivity contribution in [2.24, 2.45) is 0 Å². The van der Waals surface area contributed by atoms with Crippen LogP contribution >= 0.6 is 11.6 Å². The van der Waals surface area contributed by atoms with E-state index in [-0.39, 0.29) is 17.2 Å². The second kappa shape index (κ2) is 9.16. The minimum atomic E-state index is -3.85. The maximum atomic E-state index is 12.9. The molecule has 1 atom stereocenters. The van der Waals surface area contributed by atoms with E-state index in [1.165, 1.54) is 24.3 Å². The topological polar surface area (TPSA) is 66.5 Å². The van der Waals surface area contributed by atoms with Gasteiger partial charge < -0.3 is 4.90 Å². The van der Waals surface area contributed by atoms with Crippen LogP contribution < -0.4 is 4.72 Å². The predicted molar refractivity (Wildman–Crippen MR) is 104 cm³/mol. The predicted octanol–water partition coefficient (Wildman–Crippen LogP) is 3.10. The Morgan fingerprint density at radius 1 is 1.04 bits per heavy atom. The van der Waals surface area contributed by atoms with Crippen LogP contribution in [-0.2, 0) is 21.2 Å². The van der Waals surface area contributed by atoms with Crippen molar-refractivity contribution in [3.05, 3.63) is 65.2 Å². The molecule has 140 valence electrons. The summed E-state index contributed by atoms with van der Waals surface area (Å²) < 4.78 is 28.0. The molecular formula is C19H23ClN2O3S. The Kier molecular flexibility index (Phi) is 7.20. The summed E-state index contributed by atoms with van der Waals surface area (Å²) in [6.07, 6.45) is 0.281. The molecule has 7 heteroatoms. The minimum Gasteiger partial charge on any atom is -0.342 e. The van der Waals surface area contributed by atoms with E-state index < -0.39 is 16.1 Å². The lowest BCUT2D eigenvalue weighted by Crippen LogP contribution is -2.49. The molecule has 0 aliphatic carbocycles. The molecule has 0 aliphatic rings. The molecule has 5 nitrogen and oxygen atoms in total. The lowest BCUT2D eigenvalue weighted by atomic mass is 10.1. The Morgan fingerprint density at radius 3 is 2.15 bits per heavy atom. The van der Waals surface area contributed by atoms with Gasteiger partial charge in [0.15, 0.2) is 0 Å². The van der Waals surface area contributed by atoms with Gasteiger partial charge >= 0.3 is 0 Å². The van der Waals surface area contributed by atoms with E-state index in [1.54, 1.807) is 4.90 Å². The summed E-state index contributed by atoms with van der Waals surface area (Å²) in [5, 5.41) is 0.448. The quantitative estimate of drug-likeness (QED) is 0.748. The maximum absolute atomic E-state index is 12.9. The maximum Gasteiger partial charge on any atom is 0.241 e. The average Bonchev–Trinajstić information content (AvgIpc) is 2.63. The molecule has 0 spiro atoms. The molecule has 0 saturated carbocycles. The molecule has 1 N–H and O–H groups in total. The zero-order valence-electron chi connectivity index (χ0n) is 14.9. The second-order valence-electron chi connectivity index (χ2n) is 5.83. The number of sulfonamides is 1. The van der Waals surface area contributed by atoms with Crippen molar-refractivity contribution in [3.63, 3.8) is 0 Å². The molecular weight excluding hydrogens is 372 g/mol. The number of halogens is 1. The SMILES string of the molecule is CCN(CC)C(=O)[C@H](Cc1ccccc1)NS(=O)(=O)c1ccc(Cl)cc1. The average molecular weight is 395 g/mol. The zero-order valence-corrected chi connectivity index (χ0v) is 16.4. The molecule has 2 aromatic rings. The molecule has 0 fully saturated rings. The van der Waals surface area contributed by atoms with Gasteiger partial charge in [0.2, 0.25) is 15.9 Å². The summed E-state index contributed by atoms with van der Waals surface area (Å²) in [6, 6.07) is 14.3. The summed E-state index contributed by atoms with van der Waals surface area (Å²) in [7, 11) is -3.85. The van der Waals surface area contributed by atoms with Gasteiger partial charge in [-0.1, -0.05) is 41.9 Å². The first-order chi connectivity index (χ1) is 12.4. The Hall–Kier alpha value is -1.89. The summed E-state index contributed by atoms with van der Waals surface area (Å²) in [5.74, 6) is -0.239. The van der Waals surface area contributed by atoms with Crippen LogP contribution in [0.5, 0.6) is 0 Å². The molecule has 0 heterocycles. The van der Waals surface area contributed by atoms with Crippen LogP contribution in [-0.4, -0.2) is 38.4 Å². The Labute approximate surface area is 160 Å². The minimum absolute atomic E-state index is 0.0762. The second-order valence-corrected chi connectivity index (χ2v) is 7.98. The number of carbonyl (C=O) groups excluding carboxylic acids is 1. The monoisotopic (exact) mass is 394 g/mol. The fourth-order valence-corrected chi connectivity index (χ4v) is 3.97. The van der Waals surface area contributed by atoms with Gasteiger partial charge in [0.05, 0.1) is 4.90 Å². The molecule has 2 rings (SSSR count). The van der Waals surface area contributed by atoms with Crippen molar-refractivity contribution in [2.45, 2.75) is 31.2 Å². The normalized spacial score (nSPS) is 12.6. The van der Waals surface area contributed by atoms with E-state index in [9.17, 15) is 13.2 Å². The van der Waals surface area contributed by atoms with Crippen LogP contribution in [0.2, 0.25) is 5.02 Å². The van der Waals surface area contributed by atoms with E-state index in [2.05, 4.69) is 4.72 Å². The Balaban J connectivity index is 2.30. The van der Waals surface area contributed by atoms with Crippen LogP contribution in [0.3, 0.4) is 0 Å². The van der Waals surface area contributed by atoms with Gasteiger partial charge in [-0.05, 0) is 50.1 Å². The summed E-state index contributed by atoms with van der Waals surface area (Å²) in [6.45, 7) is 4.77. The largest absolute Gasteiger partial charge is 0.342 e. The molecule has 0 aliphatic heterocycles. The number of nitrogens with zero attached hydrogens (tertiary/aromatic N) is 1. The Bertz CT molecular complexity index is 820. The fourth-order valence-electron chi connectivity index (χ4n) is 2.65. The molecule has 0 aromatic heterocycles. The van der Waals surface area contributed by atoms with Gasteiger partial charge in [0.1, 0.15) is 6.04 Å². The smallest absolute Gasteiger partial charge is 0.241 e. The van der Waals surface area contributed by atoms with Crippen LogP contribution in [0.4, 0.5) is 0 Å². The molecule has 1 amide bonds. The third-order valence-electron chi connectivity index (χ3n) is 4.08. The van der Waals surface area contributed by atoms with Crippen LogP contribution in [0, 0.1) is 0 Å². The van der Waals surface area contributed by atoms with E-state index >= 15 is 0 Å². The molecule has 0 unspecified atom stereocenters. The number of hydrogen-bond acceptors (Lipinski definition) is 3. The fraction of sp³-hybridized carbons (Fsp3) is 0.316. The summed E-state index contributed by atoms with van der Waals surface area (Å²) in [4.78, 5) is 14.6. The highest BCUT2D eigenvalue weighted by atomic mass is 35.5. The molecule has 0 saturated heterocycles. The van der Waals surface area contributed by atoms with Gasteiger partial charge in [0, 0.05) is 18.1 Å². The van der Waals surface area contributed by atoms with Crippen LogP contribution in [0.15, 0.2) is 59.5 Å². The van der Waals surface area contributed by atoms with E-state index in [0.29, 0.717) is 18.1 Å². The highest BCUT2D eigenvalue weighted by Gasteiger charge is 2.28. The molecule has 26 heavy (non-hydrogen) atoms. The lowest BCUT2D eigenvalue weighted by molar-refractivity contribution is -0.132. The van der Waals surface area contributed by atoms with Crippen molar-refractivity contribution in [1.29, 1.82) is 0 Å². The standard InChI is InChI=1S/C19H23ClN2O3S/c1-3-22(4-2)19(23)18(14-15-8-6-5-7-9-15)21-26(24,25)17-12-10-16(20)11-13-17/h5-13,18,21H,3-4,14H2,1-2H3/t18-/m0/s1. The zero-order chi connectivity index (χ0) is 19.2. The van der Waals surface area contributed by atoms with Crippen LogP contribution in [0.1, 0.15) is 19.4 Å². The molecule has 0 radical (unpaired) electrons. The Morgan fingerprint density at radius 2 is 1.62 bits per heavy atom.